The molecule has 31 heavy (non-hydrogen) atoms. The zero-order valence-electron chi connectivity index (χ0n) is 17.9. The van der Waals surface area contributed by atoms with Gasteiger partial charge in [-0.3, -0.25) is 4.79 Å². The minimum absolute atomic E-state index is 0.125. The number of amides is 1. The lowest BCUT2D eigenvalue weighted by atomic mass is 10.1. The van der Waals surface area contributed by atoms with Crippen LogP contribution in [-0.2, 0) is 9.53 Å². The van der Waals surface area contributed by atoms with Crippen molar-refractivity contribution in [3.63, 3.8) is 0 Å². The molecule has 0 atom stereocenters. The molecule has 0 radical (unpaired) electrons. The number of hydrogen-bond donors (Lipinski definition) is 1. The summed E-state index contributed by atoms with van der Waals surface area (Å²) >= 11 is 0. The molecule has 0 aromatic heterocycles. The summed E-state index contributed by atoms with van der Waals surface area (Å²) < 4.78 is 16.1. The number of esters is 1. The van der Waals surface area contributed by atoms with Gasteiger partial charge in [-0.15, -0.1) is 0 Å². The monoisotopic (exact) mass is 422 g/mol. The fraction of sp³-hybridized carbons (Fsp3) is 0.292. The van der Waals surface area contributed by atoms with Crippen molar-refractivity contribution in [1.82, 2.24) is 0 Å². The molecule has 7 nitrogen and oxygen atoms in total. The number of nitrogens with one attached hydrogen (secondary N) is 1. The number of rotatable bonds is 10. The van der Waals surface area contributed by atoms with E-state index in [0.29, 0.717) is 23.7 Å². The quantitative estimate of drug-likeness (QED) is 0.260. The smallest absolute Gasteiger partial charge is 0.340 e. The minimum atomic E-state index is -0.638. The van der Waals surface area contributed by atoms with Crippen LogP contribution in [0.1, 0.15) is 42.6 Å². The molecule has 2 rings (SSSR count). The van der Waals surface area contributed by atoms with Crippen molar-refractivity contribution in [3.8, 4) is 17.6 Å². The lowest BCUT2D eigenvalue weighted by Gasteiger charge is -2.11. The van der Waals surface area contributed by atoms with Gasteiger partial charge >= 0.3 is 5.97 Å². The first kappa shape index (κ1) is 23.5. The lowest BCUT2D eigenvalue weighted by molar-refractivity contribution is -0.112. The van der Waals surface area contributed by atoms with Crippen LogP contribution in [0.2, 0.25) is 0 Å². The minimum Gasteiger partial charge on any atom is -0.493 e. The molecule has 0 unspecified atom stereocenters. The van der Waals surface area contributed by atoms with Crippen LogP contribution in [0.25, 0.3) is 6.08 Å². The Hall–Kier alpha value is -3.79. The average Bonchev–Trinajstić information content (AvgIpc) is 2.78. The summed E-state index contributed by atoms with van der Waals surface area (Å²) in [4.78, 5) is 24.8. The second-order valence-corrected chi connectivity index (χ2v) is 6.50. The first-order valence-corrected chi connectivity index (χ1v) is 10.0. The molecule has 0 aliphatic carbocycles. The number of benzene rings is 2. The molecule has 0 saturated carbocycles. The maximum absolute atomic E-state index is 12.7. The molecule has 0 fully saturated rings. The zero-order chi connectivity index (χ0) is 22.6. The van der Waals surface area contributed by atoms with E-state index >= 15 is 0 Å². The van der Waals surface area contributed by atoms with Crippen LogP contribution < -0.4 is 14.8 Å². The lowest BCUT2D eigenvalue weighted by Crippen LogP contribution is -2.17. The third-order valence-corrected chi connectivity index (χ3v) is 4.29. The summed E-state index contributed by atoms with van der Waals surface area (Å²) in [5.74, 6) is -0.0830. The predicted molar refractivity (Wildman–Crippen MR) is 118 cm³/mol. The van der Waals surface area contributed by atoms with Crippen molar-refractivity contribution in [2.75, 3.05) is 25.6 Å². The zero-order valence-corrected chi connectivity index (χ0v) is 17.9. The third-order valence-electron chi connectivity index (χ3n) is 4.29. The second kappa shape index (κ2) is 12.0. The standard InChI is InChI=1S/C24H26N2O5/c1-4-6-13-31-21-12-11-17(15-22(21)29-3)14-18(16-25)23(27)26-20-10-8-7-9-19(20)24(28)30-5-2/h7-12,14-15H,4-6,13H2,1-3H3,(H,26,27). The van der Waals surface area contributed by atoms with Gasteiger partial charge in [0, 0.05) is 0 Å². The Labute approximate surface area is 182 Å². The van der Waals surface area contributed by atoms with Crippen LogP contribution in [0.3, 0.4) is 0 Å². The predicted octanol–water partition coefficient (Wildman–Crippen LogP) is 4.60. The Morgan fingerprint density at radius 2 is 1.90 bits per heavy atom. The van der Waals surface area contributed by atoms with Gasteiger partial charge in [0.1, 0.15) is 11.6 Å². The van der Waals surface area contributed by atoms with Crippen molar-refractivity contribution < 1.29 is 23.8 Å². The van der Waals surface area contributed by atoms with Crippen LogP contribution in [0, 0.1) is 11.3 Å². The van der Waals surface area contributed by atoms with E-state index in [1.165, 1.54) is 13.2 Å². The first-order valence-electron chi connectivity index (χ1n) is 10.0. The molecule has 0 aliphatic rings. The number of carbonyl (C=O) groups is 2. The Morgan fingerprint density at radius 1 is 1.13 bits per heavy atom. The van der Waals surface area contributed by atoms with Gasteiger partial charge in [-0.25, -0.2) is 4.79 Å². The Bertz CT molecular complexity index is 992. The van der Waals surface area contributed by atoms with E-state index in [4.69, 9.17) is 14.2 Å². The Balaban J connectivity index is 2.23. The van der Waals surface area contributed by atoms with Crippen molar-refractivity contribution >= 4 is 23.6 Å². The number of anilines is 1. The molecular formula is C24H26N2O5. The third kappa shape index (κ3) is 6.61. The number of hydrogen-bond acceptors (Lipinski definition) is 6. The molecule has 0 heterocycles. The first-order chi connectivity index (χ1) is 15.0. The molecular weight excluding hydrogens is 396 g/mol. The molecule has 0 bridgehead atoms. The molecule has 2 aromatic rings. The fourth-order valence-corrected chi connectivity index (χ4v) is 2.70. The molecule has 0 spiro atoms. The van der Waals surface area contributed by atoms with Gasteiger partial charge in [0.05, 0.1) is 31.6 Å². The molecule has 0 aliphatic heterocycles. The highest BCUT2D eigenvalue weighted by Crippen LogP contribution is 2.29. The number of methoxy groups -OCH3 is 1. The summed E-state index contributed by atoms with van der Waals surface area (Å²) in [6, 6.07) is 13.5. The van der Waals surface area contributed by atoms with E-state index in [2.05, 4.69) is 12.2 Å². The largest absolute Gasteiger partial charge is 0.493 e. The highest BCUT2D eigenvalue weighted by molar-refractivity contribution is 6.12. The highest BCUT2D eigenvalue weighted by atomic mass is 16.5. The van der Waals surface area contributed by atoms with E-state index in [1.807, 2.05) is 6.07 Å². The van der Waals surface area contributed by atoms with Crippen LogP contribution in [0.15, 0.2) is 48.0 Å². The van der Waals surface area contributed by atoms with Crippen LogP contribution in [0.4, 0.5) is 5.69 Å². The van der Waals surface area contributed by atoms with Crippen molar-refractivity contribution in [2.24, 2.45) is 0 Å². The molecule has 1 amide bonds. The van der Waals surface area contributed by atoms with Crippen LogP contribution >= 0.6 is 0 Å². The van der Waals surface area contributed by atoms with Crippen molar-refractivity contribution in [1.29, 1.82) is 5.26 Å². The number of para-hydroxylation sites is 1. The maximum atomic E-state index is 12.7. The van der Waals surface area contributed by atoms with Crippen molar-refractivity contribution in [2.45, 2.75) is 26.7 Å². The van der Waals surface area contributed by atoms with E-state index in [-0.39, 0.29) is 23.4 Å². The van der Waals surface area contributed by atoms with E-state index in [9.17, 15) is 14.9 Å². The summed E-state index contributed by atoms with van der Waals surface area (Å²) in [7, 11) is 1.53. The number of nitrogens with zero attached hydrogens (tertiary/aromatic N) is 1. The topological polar surface area (TPSA) is 97.7 Å². The van der Waals surface area contributed by atoms with Gasteiger partial charge in [-0.05, 0) is 49.2 Å². The van der Waals surface area contributed by atoms with E-state index in [0.717, 1.165) is 12.8 Å². The number of nitriles is 1. The van der Waals surface area contributed by atoms with Gasteiger partial charge in [0.2, 0.25) is 0 Å². The number of ether oxygens (including phenoxy) is 3. The number of carbonyl (C=O) groups excluding carboxylic acids is 2. The van der Waals surface area contributed by atoms with Gasteiger partial charge in [0.15, 0.2) is 11.5 Å². The van der Waals surface area contributed by atoms with Crippen LogP contribution in [-0.4, -0.2) is 32.2 Å². The summed E-state index contributed by atoms with van der Waals surface area (Å²) in [5, 5.41) is 12.1. The average molecular weight is 422 g/mol. The normalized spacial score (nSPS) is 10.7. The molecule has 162 valence electrons. The Kier molecular flexibility index (Phi) is 9.12. The summed E-state index contributed by atoms with van der Waals surface area (Å²) in [5.41, 5.74) is 0.958. The van der Waals surface area contributed by atoms with Gasteiger partial charge in [0.25, 0.3) is 5.91 Å². The number of unbranched alkanes of at least 4 members (excludes halogenated alkanes) is 1. The molecule has 0 saturated heterocycles. The summed E-state index contributed by atoms with van der Waals surface area (Å²) in [6.07, 6.45) is 3.39. The Morgan fingerprint density at radius 3 is 2.58 bits per heavy atom. The van der Waals surface area contributed by atoms with Gasteiger partial charge in [-0.1, -0.05) is 31.5 Å². The molecule has 2 aromatic carbocycles. The van der Waals surface area contributed by atoms with Gasteiger partial charge in [-0.2, -0.15) is 5.26 Å². The fourth-order valence-electron chi connectivity index (χ4n) is 2.70. The maximum Gasteiger partial charge on any atom is 0.340 e. The van der Waals surface area contributed by atoms with Gasteiger partial charge < -0.3 is 19.5 Å². The van der Waals surface area contributed by atoms with E-state index < -0.39 is 11.9 Å². The SMILES string of the molecule is CCCCOc1ccc(C=C(C#N)C(=O)Nc2ccccc2C(=O)OCC)cc1OC. The second-order valence-electron chi connectivity index (χ2n) is 6.50. The molecule has 7 heteroatoms. The van der Waals surface area contributed by atoms with Crippen molar-refractivity contribution in [3.05, 3.63) is 59.2 Å². The van der Waals surface area contributed by atoms with Crippen LogP contribution in [0.5, 0.6) is 11.5 Å². The molecule has 1 N–H and O–H groups in total. The summed E-state index contributed by atoms with van der Waals surface area (Å²) in [6.45, 7) is 4.57. The highest BCUT2D eigenvalue weighted by Gasteiger charge is 2.16. The van der Waals surface area contributed by atoms with E-state index in [1.54, 1.807) is 49.4 Å².